The predicted molar refractivity (Wildman–Crippen MR) is 86.7 cm³/mol. The fraction of sp³-hybridized carbons (Fsp3) is 0.308. The molecule has 18 heavy (non-hydrogen) atoms. The summed E-state index contributed by atoms with van der Waals surface area (Å²) >= 11 is 5.76. The van der Waals surface area contributed by atoms with Gasteiger partial charge in [-0.2, -0.15) is 5.10 Å². The van der Waals surface area contributed by atoms with E-state index in [-0.39, 0.29) is 6.04 Å². The van der Waals surface area contributed by atoms with Gasteiger partial charge in [-0.05, 0) is 53.6 Å². The molecular weight excluding hydrogens is 405 g/mol. The number of nitrogen functional groups attached to an aromatic ring is 1. The number of halogens is 2. The van der Waals surface area contributed by atoms with Gasteiger partial charge in [-0.15, -0.1) is 0 Å². The topological polar surface area (TPSA) is 43.8 Å². The second-order valence-electron chi connectivity index (χ2n) is 4.21. The maximum Gasteiger partial charge on any atom is 0.136 e. The average Bonchev–Trinajstić information content (AvgIpc) is 2.59. The van der Waals surface area contributed by atoms with Crippen LogP contribution in [0.25, 0.3) is 0 Å². The first-order chi connectivity index (χ1) is 8.54. The van der Waals surface area contributed by atoms with Gasteiger partial charge in [0.05, 0.1) is 15.3 Å². The number of aromatic nitrogens is 2. The van der Waals surface area contributed by atoms with Crippen molar-refractivity contribution in [3.8, 4) is 0 Å². The summed E-state index contributed by atoms with van der Waals surface area (Å²) in [5.41, 5.74) is 8.34. The Bertz CT molecular complexity index is 565. The number of hydrogen-bond donors (Lipinski definition) is 1. The molecule has 1 unspecified atom stereocenters. The van der Waals surface area contributed by atoms with Gasteiger partial charge in [-0.25, -0.2) is 4.68 Å². The third kappa shape index (κ3) is 2.56. The van der Waals surface area contributed by atoms with Crippen molar-refractivity contribution in [1.82, 2.24) is 9.78 Å². The van der Waals surface area contributed by atoms with Crippen LogP contribution in [0.5, 0.6) is 0 Å². The molecule has 0 radical (unpaired) electrons. The van der Waals surface area contributed by atoms with Gasteiger partial charge in [0.15, 0.2) is 0 Å². The smallest absolute Gasteiger partial charge is 0.136 e. The van der Waals surface area contributed by atoms with E-state index in [1.807, 2.05) is 23.7 Å². The van der Waals surface area contributed by atoms with Crippen LogP contribution in [-0.2, 0) is 0 Å². The Labute approximate surface area is 129 Å². The summed E-state index contributed by atoms with van der Waals surface area (Å²) < 4.78 is 4.05. The molecule has 0 amide bonds. The average molecular weight is 420 g/mol. The molecule has 2 N–H and O–H groups in total. The van der Waals surface area contributed by atoms with Crippen molar-refractivity contribution in [3.63, 3.8) is 0 Å². The van der Waals surface area contributed by atoms with E-state index in [0.717, 1.165) is 26.0 Å². The van der Waals surface area contributed by atoms with Crippen molar-refractivity contribution in [2.24, 2.45) is 0 Å². The summed E-state index contributed by atoms with van der Waals surface area (Å²) in [5, 5.41) is 4.56. The minimum Gasteiger partial charge on any atom is -0.383 e. The lowest BCUT2D eigenvalue weighted by atomic mass is 10.1. The fourth-order valence-corrected chi connectivity index (χ4v) is 2.82. The van der Waals surface area contributed by atoms with E-state index in [0.29, 0.717) is 0 Å². The highest BCUT2D eigenvalue weighted by Crippen LogP contribution is 2.29. The lowest BCUT2D eigenvalue weighted by molar-refractivity contribution is 0.513. The van der Waals surface area contributed by atoms with Gasteiger partial charge >= 0.3 is 0 Å². The van der Waals surface area contributed by atoms with Crippen LogP contribution in [0.4, 0.5) is 5.82 Å². The number of hydrogen-bond acceptors (Lipinski definition) is 2. The highest BCUT2D eigenvalue weighted by Gasteiger charge is 2.18. The molecule has 0 aliphatic carbocycles. The number of nitrogens with two attached hydrogens (primary N) is 1. The first kappa shape index (κ1) is 13.9. The summed E-state index contributed by atoms with van der Waals surface area (Å²) in [6.07, 6.45) is 0.956. The molecule has 0 saturated heterocycles. The molecule has 0 spiro atoms. The maximum absolute atomic E-state index is 6.14. The molecule has 0 aliphatic rings. The van der Waals surface area contributed by atoms with E-state index in [9.17, 15) is 0 Å². The monoisotopic (exact) mass is 419 g/mol. The van der Waals surface area contributed by atoms with Crippen LogP contribution in [-0.4, -0.2) is 9.78 Å². The molecule has 5 heteroatoms. The zero-order valence-corrected chi connectivity index (χ0v) is 14.1. The van der Waals surface area contributed by atoms with Gasteiger partial charge in [-0.3, -0.25) is 0 Å². The van der Waals surface area contributed by atoms with Crippen LogP contribution in [0.2, 0.25) is 0 Å². The van der Waals surface area contributed by atoms with Gasteiger partial charge in [0.25, 0.3) is 0 Å². The maximum atomic E-state index is 6.14. The Balaban J connectivity index is 2.48. The highest BCUT2D eigenvalue weighted by atomic mass is 127. The second-order valence-corrected chi connectivity index (χ2v) is 6.20. The van der Waals surface area contributed by atoms with Crippen LogP contribution < -0.4 is 5.73 Å². The second kappa shape index (κ2) is 5.61. The minimum atomic E-state index is 0.185. The Hall–Kier alpha value is -0.560. The van der Waals surface area contributed by atoms with Crippen LogP contribution in [0.1, 0.15) is 30.6 Å². The summed E-state index contributed by atoms with van der Waals surface area (Å²) in [4.78, 5) is 0. The van der Waals surface area contributed by atoms with Crippen molar-refractivity contribution in [2.45, 2.75) is 26.3 Å². The summed E-state index contributed by atoms with van der Waals surface area (Å²) in [6, 6.07) is 8.49. The molecule has 96 valence electrons. The van der Waals surface area contributed by atoms with E-state index < -0.39 is 0 Å². The summed E-state index contributed by atoms with van der Waals surface area (Å²) in [7, 11) is 0. The van der Waals surface area contributed by atoms with Gasteiger partial charge in [-0.1, -0.05) is 35.0 Å². The molecule has 0 bridgehead atoms. The SMILES string of the molecule is CCC(c1cccc(Br)c1)n1nc(C)c(I)c1N. The van der Waals surface area contributed by atoms with Crippen molar-refractivity contribution in [1.29, 1.82) is 0 Å². The summed E-state index contributed by atoms with van der Waals surface area (Å²) in [5.74, 6) is 0.750. The Morgan fingerprint density at radius 2 is 2.22 bits per heavy atom. The van der Waals surface area contributed by atoms with Crippen molar-refractivity contribution in [3.05, 3.63) is 43.6 Å². The number of aryl methyl sites for hydroxylation is 1. The zero-order chi connectivity index (χ0) is 13.3. The van der Waals surface area contributed by atoms with E-state index >= 15 is 0 Å². The molecule has 1 atom stereocenters. The number of benzene rings is 1. The van der Waals surface area contributed by atoms with Crippen molar-refractivity contribution < 1.29 is 0 Å². The van der Waals surface area contributed by atoms with Crippen LogP contribution in [0.15, 0.2) is 28.7 Å². The molecule has 2 rings (SSSR count). The minimum absolute atomic E-state index is 0.185. The summed E-state index contributed by atoms with van der Waals surface area (Å²) in [6.45, 7) is 4.14. The van der Waals surface area contributed by atoms with E-state index in [1.54, 1.807) is 0 Å². The van der Waals surface area contributed by atoms with E-state index in [1.165, 1.54) is 5.56 Å². The van der Waals surface area contributed by atoms with Gasteiger partial charge in [0.2, 0.25) is 0 Å². The fourth-order valence-electron chi connectivity index (χ4n) is 2.05. The normalized spacial score (nSPS) is 12.7. The zero-order valence-electron chi connectivity index (χ0n) is 10.3. The Kier molecular flexibility index (Phi) is 4.32. The number of anilines is 1. The quantitative estimate of drug-likeness (QED) is 0.759. The van der Waals surface area contributed by atoms with Crippen LogP contribution in [0.3, 0.4) is 0 Å². The number of nitrogens with zero attached hydrogens (tertiary/aromatic N) is 2. The highest BCUT2D eigenvalue weighted by molar-refractivity contribution is 14.1. The van der Waals surface area contributed by atoms with Gasteiger partial charge in [0, 0.05) is 4.47 Å². The standard InChI is InChI=1S/C13H15BrIN3/c1-3-11(9-5-4-6-10(14)7-9)18-13(16)12(15)8(2)17-18/h4-7,11H,3,16H2,1-2H3. The van der Waals surface area contributed by atoms with Crippen LogP contribution in [0, 0.1) is 10.5 Å². The van der Waals surface area contributed by atoms with Gasteiger partial charge < -0.3 is 5.73 Å². The number of rotatable bonds is 3. The molecule has 1 aromatic heterocycles. The Morgan fingerprint density at radius 1 is 1.50 bits per heavy atom. The van der Waals surface area contributed by atoms with Gasteiger partial charge in [0.1, 0.15) is 5.82 Å². The first-order valence-electron chi connectivity index (χ1n) is 5.80. The molecule has 0 saturated carbocycles. The van der Waals surface area contributed by atoms with E-state index in [2.05, 4.69) is 62.7 Å². The van der Waals surface area contributed by atoms with Crippen LogP contribution >= 0.6 is 38.5 Å². The Morgan fingerprint density at radius 3 is 2.72 bits per heavy atom. The third-order valence-electron chi connectivity index (χ3n) is 2.96. The lowest BCUT2D eigenvalue weighted by Crippen LogP contribution is -2.14. The van der Waals surface area contributed by atoms with Crippen molar-refractivity contribution >= 4 is 44.3 Å². The molecule has 1 aromatic carbocycles. The first-order valence-corrected chi connectivity index (χ1v) is 7.67. The molecule has 0 aliphatic heterocycles. The largest absolute Gasteiger partial charge is 0.383 e. The molecule has 2 aromatic rings. The predicted octanol–water partition coefficient (Wildman–Crippen LogP) is 4.14. The van der Waals surface area contributed by atoms with E-state index in [4.69, 9.17) is 5.73 Å². The third-order valence-corrected chi connectivity index (χ3v) is 4.79. The van der Waals surface area contributed by atoms with Crippen molar-refractivity contribution in [2.75, 3.05) is 5.73 Å². The molecule has 1 heterocycles. The molecule has 3 nitrogen and oxygen atoms in total. The molecular formula is C13H15BrIN3. The lowest BCUT2D eigenvalue weighted by Gasteiger charge is -2.18. The molecule has 0 fully saturated rings.